The third-order valence-corrected chi connectivity index (χ3v) is 5.19. The van der Waals surface area contributed by atoms with Gasteiger partial charge in [-0.2, -0.15) is 0 Å². The summed E-state index contributed by atoms with van der Waals surface area (Å²) in [7, 11) is 0. The highest BCUT2D eigenvalue weighted by molar-refractivity contribution is 6.30. The predicted molar refractivity (Wildman–Crippen MR) is 102 cm³/mol. The van der Waals surface area contributed by atoms with Crippen LogP contribution in [0.5, 0.6) is 0 Å². The number of amides is 1. The summed E-state index contributed by atoms with van der Waals surface area (Å²) in [4.78, 5) is 38.1. The van der Waals surface area contributed by atoms with Crippen molar-refractivity contribution in [2.75, 3.05) is 13.1 Å². The number of carbonyl (C=O) groups is 3. The summed E-state index contributed by atoms with van der Waals surface area (Å²) in [6, 6.07) is 13.4. The zero-order valence-corrected chi connectivity index (χ0v) is 15.5. The molecule has 5 nitrogen and oxygen atoms in total. The molecule has 140 valence electrons. The molecule has 0 unspecified atom stereocenters. The molecule has 0 spiro atoms. The van der Waals surface area contributed by atoms with Gasteiger partial charge in [0, 0.05) is 29.6 Å². The standard InChI is InChI=1S/C21H20ClNO4/c22-17-7-5-14(6-8-17)20(25)15-9-11-23(12-10-15)19(24)13-16-3-1-2-4-18(16)21(26)27/h1-8,15H,9-13H2,(H,26,27). The molecule has 0 radical (unpaired) electrons. The van der Waals surface area contributed by atoms with E-state index in [1.165, 1.54) is 6.07 Å². The van der Waals surface area contributed by atoms with E-state index in [0.717, 1.165) is 0 Å². The topological polar surface area (TPSA) is 74.7 Å². The van der Waals surface area contributed by atoms with Crippen LogP contribution in [0.4, 0.5) is 0 Å². The molecule has 3 rings (SSSR count). The lowest BCUT2D eigenvalue weighted by Gasteiger charge is -2.31. The third kappa shape index (κ3) is 4.55. The van der Waals surface area contributed by atoms with Crippen LogP contribution in [-0.2, 0) is 11.2 Å². The Morgan fingerprint density at radius 1 is 1.00 bits per heavy atom. The van der Waals surface area contributed by atoms with Gasteiger partial charge in [0.2, 0.25) is 5.91 Å². The number of ketones is 1. The van der Waals surface area contributed by atoms with E-state index in [2.05, 4.69) is 0 Å². The average Bonchev–Trinajstić information content (AvgIpc) is 2.68. The smallest absolute Gasteiger partial charge is 0.335 e. The Morgan fingerprint density at radius 2 is 1.63 bits per heavy atom. The van der Waals surface area contributed by atoms with Crippen molar-refractivity contribution in [2.45, 2.75) is 19.3 Å². The zero-order chi connectivity index (χ0) is 19.4. The van der Waals surface area contributed by atoms with E-state index in [-0.39, 0.29) is 29.6 Å². The van der Waals surface area contributed by atoms with Crippen molar-refractivity contribution >= 4 is 29.3 Å². The van der Waals surface area contributed by atoms with E-state index in [4.69, 9.17) is 11.6 Å². The summed E-state index contributed by atoms with van der Waals surface area (Å²) in [6.07, 6.45) is 1.26. The number of carbonyl (C=O) groups excluding carboxylic acids is 2. The number of carboxylic acid groups (broad SMARTS) is 1. The van der Waals surface area contributed by atoms with Gasteiger partial charge in [0.1, 0.15) is 0 Å². The SMILES string of the molecule is O=C(O)c1ccccc1CC(=O)N1CCC(C(=O)c2ccc(Cl)cc2)CC1. The number of likely N-dealkylation sites (tertiary alicyclic amines) is 1. The van der Waals surface area contributed by atoms with Crippen LogP contribution < -0.4 is 0 Å². The molecule has 1 fully saturated rings. The molecule has 0 aromatic heterocycles. The first-order valence-corrected chi connectivity index (χ1v) is 9.22. The molecule has 2 aromatic carbocycles. The first-order chi connectivity index (χ1) is 13.0. The number of hydrogen-bond acceptors (Lipinski definition) is 3. The maximum Gasteiger partial charge on any atom is 0.335 e. The summed E-state index contributed by atoms with van der Waals surface area (Å²) in [5, 5.41) is 9.83. The Morgan fingerprint density at radius 3 is 2.26 bits per heavy atom. The lowest BCUT2D eigenvalue weighted by Crippen LogP contribution is -2.41. The van der Waals surface area contributed by atoms with Crippen LogP contribution in [0, 0.1) is 5.92 Å². The summed E-state index contributed by atoms with van der Waals surface area (Å²) < 4.78 is 0. The van der Waals surface area contributed by atoms with Crippen molar-refractivity contribution in [2.24, 2.45) is 5.92 Å². The van der Waals surface area contributed by atoms with Crippen molar-refractivity contribution < 1.29 is 19.5 Å². The highest BCUT2D eigenvalue weighted by atomic mass is 35.5. The molecule has 1 aliphatic heterocycles. The number of hydrogen-bond donors (Lipinski definition) is 1. The van der Waals surface area contributed by atoms with Crippen molar-refractivity contribution in [3.05, 3.63) is 70.2 Å². The van der Waals surface area contributed by atoms with Gasteiger partial charge in [-0.05, 0) is 48.7 Å². The largest absolute Gasteiger partial charge is 0.478 e. The molecule has 1 heterocycles. The van der Waals surface area contributed by atoms with Gasteiger partial charge in [0.15, 0.2) is 5.78 Å². The number of piperidine rings is 1. The fourth-order valence-corrected chi connectivity index (χ4v) is 3.52. The molecule has 27 heavy (non-hydrogen) atoms. The lowest BCUT2D eigenvalue weighted by atomic mass is 9.88. The predicted octanol–water partition coefficient (Wildman–Crippen LogP) is 3.70. The number of benzene rings is 2. The van der Waals surface area contributed by atoms with E-state index >= 15 is 0 Å². The monoisotopic (exact) mass is 385 g/mol. The van der Waals surface area contributed by atoms with Crippen LogP contribution in [0.25, 0.3) is 0 Å². The minimum Gasteiger partial charge on any atom is -0.478 e. The minimum atomic E-state index is -1.04. The molecular weight excluding hydrogens is 366 g/mol. The molecule has 1 amide bonds. The van der Waals surface area contributed by atoms with E-state index in [1.807, 2.05) is 0 Å². The molecule has 0 bridgehead atoms. The van der Waals surface area contributed by atoms with Crippen LogP contribution in [0.1, 0.15) is 39.1 Å². The van der Waals surface area contributed by atoms with E-state index in [1.54, 1.807) is 47.4 Å². The zero-order valence-electron chi connectivity index (χ0n) is 14.7. The van der Waals surface area contributed by atoms with Crippen LogP contribution in [-0.4, -0.2) is 40.8 Å². The molecule has 6 heteroatoms. The second kappa shape index (κ2) is 8.35. The van der Waals surface area contributed by atoms with Gasteiger partial charge in [0.05, 0.1) is 12.0 Å². The lowest BCUT2D eigenvalue weighted by molar-refractivity contribution is -0.131. The number of carboxylic acids is 1. The molecule has 1 saturated heterocycles. The normalized spacial score (nSPS) is 14.8. The Labute approximate surface area is 162 Å². The number of rotatable bonds is 5. The van der Waals surface area contributed by atoms with E-state index < -0.39 is 5.97 Å². The second-order valence-corrected chi connectivity index (χ2v) is 7.10. The van der Waals surface area contributed by atoms with Gasteiger partial charge in [-0.15, -0.1) is 0 Å². The maximum absolute atomic E-state index is 12.6. The highest BCUT2D eigenvalue weighted by Gasteiger charge is 2.28. The highest BCUT2D eigenvalue weighted by Crippen LogP contribution is 2.23. The van der Waals surface area contributed by atoms with Crippen LogP contribution in [0.15, 0.2) is 48.5 Å². The summed E-state index contributed by atoms with van der Waals surface area (Å²) in [5.41, 5.74) is 1.30. The fraction of sp³-hybridized carbons (Fsp3) is 0.286. The average molecular weight is 386 g/mol. The van der Waals surface area contributed by atoms with Crippen LogP contribution in [0.2, 0.25) is 5.02 Å². The molecule has 1 aliphatic rings. The van der Waals surface area contributed by atoms with Crippen molar-refractivity contribution in [3.63, 3.8) is 0 Å². The molecule has 0 aliphatic carbocycles. The Kier molecular flexibility index (Phi) is 5.91. The minimum absolute atomic E-state index is 0.0538. The van der Waals surface area contributed by atoms with Crippen molar-refractivity contribution in [1.82, 2.24) is 4.90 Å². The number of halogens is 1. The number of nitrogens with zero attached hydrogens (tertiary/aromatic N) is 1. The molecule has 0 atom stereocenters. The van der Waals surface area contributed by atoms with Crippen molar-refractivity contribution in [3.8, 4) is 0 Å². The second-order valence-electron chi connectivity index (χ2n) is 6.67. The fourth-order valence-electron chi connectivity index (χ4n) is 3.40. The van der Waals surface area contributed by atoms with Gasteiger partial charge in [-0.1, -0.05) is 29.8 Å². The van der Waals surface area contributed by atoms with Crippen molar-refractivity contribution in [1.29, 1.82) is 0 Å². The van der Waals surface area contributed by atoms with Gasteiger partial charge in [-0.3, -0.25) is 9.59 Å². The molecule has 2 aromatic rings. The Balaban J connectivity index is 1.59. The maximum atomic E-state index is 12.6. The van der Waals surface area contributed by atoms with E-state index in [9.17, 15) is 19.5 Å². The van der Waals surface area contributed by atoms with Crippen LogP contribution in [0.3, 0.4) is 0 Å². The third-order valence-electron chi connectivity index (χ3n) is 4.94. The first kappa shape index (κ1) is 19.1. The summed E-state index contributed by atoms with van der Waals surface area (Å²) in [6.45, 7) is 0.996. The Hall–Kier alpha value is -2.66. The number of aromatic carboxylic acids is 1. The van der Waals surface area contributed by atoms with E-state index in [0.29, 0.717) is 42.1 Å². The molecule has 0 saturated carbocycles. The van der Waals surface area contributed by atoms with Gasteiger partial charge in [0.25, 0.3) is 0 Å². The first-order valence-electron chi connectivity index (χ1n) is 8.84. The summed E-state index contributed by atoms with van der Waals surface area (Å²) in [5.74, 6) is -1.18. The quantitative estimate of drug-likeness (QED) is 0.796. The van der Waals surface area contributed by atoms with Crippen LogP contribution >= 0.6 is 11.6 Å². The number of Topliss-reactive ketones (excluding diaryl/α,β-unsaturated/α-hetero) is 1. The Bertz CT molecular complexity index is 855. The van der Waals surface area contributed by atoms with Gasteiger partial charge >= 0.3 is 5.97 Å². The molecule has 1 N–H and O–H groups in total. The summed E-state index contributed by atoms with van der Waals surface area (Å²) >= 11 is 5.86. The molecular formula is C21H20ClNO4. The van der Waals surface area contributed by atoms with Gasteiger partial charge < -0.3 is 10.0 Å². The van der Waals surface area contributed by atoms with Gasteiger partial charge in [-0.25, -0.2) is 4.79 Å².